The fraction of sp³-hybridized carbons (Fsp3) is 0.409. The van der Waals surface area contributed by atoms with Crippen LogP contribution in [0.3, 0.4) is 0 Å². The second-order valence-corrected chi connectivity index (χ2v) is 8.38. The van der Waals surface area contributed by atoms with E-state index in [2.05, 4.69) is 11.4 Å². The normalized spacial score (nSPS) is 13.9. The summed E-state index contributed by atoms with van der Waals surface area (Å²) < 4.78 is 32.5. The van der Waals surface area contributed by atoms with Gasteiger partial charge < -0.3 is 14.6 Å². The van der Waals surface area contributed by atoms with Gasteiger partial charge in [-0.1, -0.05) is 36.7 Å². The third-order valence-corrected chi connectivity index (χ3v) is 6.26. The number of carbonyl (C=O) groups is 2. The van der Waals surface area contributed by atoms with Crippen molar-refractivity contribution in [2.75, 3.05) is 11.9 Å². The van der Waals surface area contributed by atoms with E-state index < -0.39 is 24.2 Å². The van der Waals surface area contributed by atoms with Crippen LogP contribution in [0.5, 0.6) is 0 Å². The molecule has 2 aromatic rings. The topological polar surface area (TPSA) is 84.1 Å². The lowest BCUT2D eigenvalue weighted by Gasteiger charge is -2.19. The molecule has 1 aliphatic carbocycles. The van der Waals surface area contributed by atoms with Gasteiger partial charge in [-0.15, -0.1) is 0 Å². The molecule has 0 bridgehead atoms. The number of amides is 1. The summed E-state index contributed by atoms with van der Waals surface area (Å²) in [7, 11) is 0. The lowest BCUT2D eigenvalue weighted by atomic mass is 10.2. The van der Waals surface area contributed by atoms with Gasteiger partial charge in [-0.05, 0) is 44.4 Å². The molecule has 31 heavy (non-hydrogen) atoms. The molecule has 1 aromatic heterocycles. The van der Waals surface area contributed by atoms with Gasteiger partial charge in [0.2, 0.25) is 0 Å². The number of nitrogens with zero attached hydrogens (tertiary/aromatic N) is 2. The van der Waals surface area contributed by atoms with E-state index in [0.29, 0.717) is 11.4 Å². The minimum absolute atomic E-state index is 0.0284. The van der Waals surface area contributed by atoms with Crippen molar-refractivity contribution in [2.45, 2.75) is 56.2 Å². The van der Waals surface area contributed by atoms with E-state index >= 15 is 0 Å². The van der Waals surface area contributed by atoms with Gasteiger partial charge in [-0.3, -0.25) is 4.79 Å². The van der Waals surface area contributed by atoms with Gasteiger partial charge in [0, 0.05) is 16.6 Å². The molecular formula is C22H23F2N3O3S. The summed E-state index contributed by atoms with van der Waals surface area (Å²) in [6.45, 7) is 3.17. The van der Waals surface area contributed by atoms with Crippen LogP contribution in [0.1, 0.15) is 58.9 Å². The zero-order valence-electron chi connectivity index (χ0n) is 17.3. The number of nitriles is 1. The van der Waals surface area contributed by atoms with E-state index in [1.807, 2.05) is 18.4 Å². The first-order valence-electron chi connectivity index (χ1n) is 9.95. The van der Waals surface area contributed by atoms with Gasteiger partial charge in [0.15, 0.2) is 6.61 Å². The van der Waals surface area contributed by atoms with E-state index in [-0.39, 0.29) is 28.3 Å². The van der Waals surface area contributed by atoms with Gasteiger partial charge in [0.25, 0.3) is 11.7 Å². The monoisotopic (exact) mass is 447 g/mol. The second-order valence-electron chi connectivity index (χ2n) is 7.35. The Morgan fingerprint density at radius 2 is 1.97 bits per heavy atom. The first kappa shape index (κ1) is 22.8. The number of anilines is 1. The SMILES string of the molecule is Cc1c(C#N)c(NC(=O)COC(=O)c2ccccc2SC(F)F)n(C2CCCC2)c1C. The highest BCUT2D eigenvalue weighted by Crippen LogP contribution is 2.37. The summed E-state index contributed by atoms with van der Waals surface area (Å²) in [6.07, 6.45) is 4.11. The number of aromatic nitrogens is 1. The number of hydrogen-bond acceptors (Lipinski definition) is 5. The average Bonchev–Trinajstić information content (AvgIpc) is 3.33. The molecule has 0 atom stereocenters. The molecular weight excluding hydrogens is 424 g/mol. The number of esters is 1. The minimum Gasteiger partial charge on any atom is -0.452 e. The summed E-state index contributed by atoms with van der Waals surface area (Å²) in [4.78, 5) is 25.0. The number of alkyl halides is 2. The summed E-state index contributed by atoms with van der Waals surface area (Å²) in [6, 6.07) is 8.20. The first-order valence-corrected chi connectivity index (χ1v) is 10.8. The van der Waals surface area contributed by atoms with Gasteiger partial charge in [0.1, 0.15) is 11.9 Å². The van der Waals surface area contributed by atoms with Crippen molar-refractivity contribution in [3.63, 3.8) is 0 Å². The van der Waals surface area contributed by atoms with Gasteiger partial charge in [-0.25, -0.2) is 4.79 Å². The van der Waals surface area contributed by atoms with E-state index in [9.17, 15) is 23.6 Å². The van der Waals surface area contributed by atoms with E-state index in [1.54, 1.807) is 6.07 Å². The summed E-state index contributed by atoms with van der Waals surface area (Å²) >= 11 is 0.241. The maximum Gasteiger partial charge on any atom is 0.339 e. The molecule has 1 aliphatic rings. The van der Waals surface area contributed by atoms with Crippen molar-refractivity contribution in [3.8, 4) is 6.07 Å². The highest BCUT2D eigenvalue weighted by atomic mass is 32.2. The van der Waals surface area contributed by atoms with Gasteiger partial charge in [-0.2, -0.15) is 14.0 Å². The molecule has 6 nitrogen and oxygen atoms in total. The lowest BCUT2D eigenvalue weighted by Crippen LogP contribution is -2.24. The zero-order chi connectivity index (χ0) is 22.5. The molecule has 0 saturated heterocycles. The van der Waals surface area contributed by atoms with Crippen LogP contribution in [0.2, 0.25) is 0 Å². The third-order valence-electron chi connectivity index (χ3n) is 5.47. The maximum absolute atomic E-state index is 12.7. The van der Waals surface area contributed by atoms with Crippen LogP contribution in [-0.4, -0.2) is 28.8 Å². The Hall–Kier alpha value is -2.86. The predicted octanol–water partition coefficient (Wildman–Crippen LogP) is 5.20. The number of hydrogen-bond donors (Lipinski definition) is 1. The Balaban J connectivity index is 1.73. The van der Waals surface area contributed by atoms with Crippen LogP contribution in [0, 0.1) is 25.2 Å². The summed E-state index contributed by atoms with van der Waals surface area (Å²) in [5.41, 5.74) is 2.09. The molecule has 1 saturated carbocycles. The number of benzene rings is 1. The molecule has 0 aliphatic heterocycles. The Kier molecular flexibility index (Phi) is 7.33. The van der Waals surface area contributed by atoms with Crippen molar-refractivity contribution >= 4 is 29.5 Å². The number of halogens is 2. The molecule has 1 amide bonds. The van der Waals surface area contributed by atoms with Crippen LogP contribution >= 0.6 is 11.8 Å². The fourth-order valence-corrected chi connectivity index (χ4v) is 4.54. The Bertz CT molecular complexity index is 1020. The molecule has 9 heteroatoms. The van der Waals surface area contributed by atoms with Crippen LogP contribution in [-0.2, 0) is 9.53 Å². The van der Waals surface area contributed by atoms with Crippen molar-refractivity contribution in [2.24, 2.45) is 0 Å². The number of thioether (sulfide) groups is 1. The molecule has 0 radical (unpaired) electrons. The van der Waals surface area contributed by atoms with Crippen LogP contribution < -0.4 is 5.32 Å². The minimum atomic E-state index is -2.68. The van der Waals surface area contributed by atoms with Crippen molar-refractivity contribution in [1.82, 2.24) is 4.57 Å². The predicted molar refractivity (Wildman–Crippen MR) is 113 cm³/mol. The molecule has 1 heterocycles. The lowest BCUT2D eigenvalue weighted by molar-refractivity contribution is -0.119. The van der Waals surface area contributed by atoms with Gasteiger partial charge in [0.05, 0.1) is 11.1 Å². The molecule has 0 unspecified atom stereocenters. The average molecular weight is 448 g/mol. The fourth-order valence-electron chi connectivity index (χ4n) is 3.92. The number of carbonyl (C=O) groups excluding carboxylic acids is 2. The first-order chi connectivity index (χ1) is 14.8. The molecule has 0 spiro atoms. The quantitative estimate of drug-likeness (QED) is 0.466. The Morgan fingerprint density at radius 3 is 2.61 bits per heavy atom. The van der Waals surface area contributed by atoms with E-state index in [4.69, 9.17) is 4.74 Å². The molecule has 1 fully saturated rings. The number of ether oxygens (including phenoxy) is 1. The molecule has 1 N–H and O–H groups in total. The van der Waals surface area contributed by atoms with E-state index in [0.717, 1.165) is 36.9 Å². The van der Waals surface area contributed by atoms with Gasteiger partial charge >= 0.3 is 5.97 Å². The molecule has 1 aromatic carbocycles. The number of nitrogens with one attached hydrogen (secondary N) is 1. The number of rotatable bonds is 7. The van der Waals surface area contributed by atoms with Crippen LogP contribution in [0.4, 0.5) is 14.6 Å². The van der Waals surface area contributed by atoms with E-state index in [1.165, 1.54) is 18.2 Å². The summed E-state index contributed by atoms with van der Waals surface area (Å²) in [5.74, 6) is -3.73. The standard InChI is InChI=1S/C22H23F2N3O3S/c1-13-14(2)27(15-7-3-4-8-15)20(17(13)11-25)26-19(28)12-30-21(29)16-9-5-6-10-18(16)31-22(23)24/h5-6,9-10,15,22H,3-4,7-8,12H2,1-2H3,(H,26,28). The largest absolute Gasteiger partial charge is 0.452 e. The molecule has 164 valence electrons. The Morgan fingerprint density at radius 1 is 1.29 bits per heavy atom. The Labute approximate surface area is 183 Å². The van der Waals surface area contributed by atoms with Crippen molar-refractivity contribution in [1.29, 1.82) is 5.26 Å². The molecule has 3 rings (SSSR count). The summed E-state index contributed by atoms with van der Waals surface area (Å²) in [5, 5.41) is 12.3. The zero-order valence-corrected chi connectivity index (χ0v) is 18.1. The second kappa shape index (κ2) is 9.96. The smallest absolute Gasteiger partial charge is 0.339 e. The highest BCUT2D eigenvalue weighted by molar-refractivity contribution is 7.99. The van der Waals surface area contributed by atoms with Crippen LogP contribution in [0.15, 0.2) is 29.2 Å². The third kappa shape index (κ3) is 5.07. The van der Waals surface area contributed by atoms with Crippen LogP contribution in [0.25, 0.3) is 0 Å². The maximum atomic E-state index is 12.7. The van der Waals surface area contributed by atoms with Crippen molar-refractivity contribution < 1.29 is 23.1 Å². The van der Waals surface area contributed by atoms with Crippen molar-refractivity contribution in [3.05, 3.63) is 46.6 Å². The highest BCUT2D eigenvalue weighted by Gasteiger charge is 2.27.